The smallest absolute Gasteiger partial charge is 0.262 e. The van der Waals surface area contributed by atoms with Gasteiger partial charge in [0.25, 0.3) is 15.9 Å². The maximum atomic E-state index is 13.0. The maximum absolute atomic E-state index is 13.0. The Morgan fingerprint density at radius 1 is 0.906 bits per heavy atom. The minimum atomic E-state index is -3.92. The van der Waals surface area contributed by atoms with Crippen LogP contribution in [-0.4, -0.2) is 35.2 Å². The Hall–Kier alpha value is -3.72. The fraction of sp³-hybridized carbons (Fsp3) is 0.174. The van der Waals surface area contributed by atoms with Gasteiger partial charge in [-0.1, -0.05) is 18.2 Å². The molecule has 0 saturated carbocycles. The molecule has 9 heteroatoms. The highest BCUT2D eigenvalue weighted by molar-refractivity contribution is 7.92. The van der Waals surface area contributed by atoms with Gasteiger partial charge in [-0.3, -0.25) is 9.52 Å². The zero-order valence-electron chi connectivity index (χ0n) is 17.9. The predicted molar refractivity (Wildman–Crippen MR) is 122 cm³/mol. The number of hydrogen-bond acceptors (Lipinski definition) is 6. The molecule has 0 radical (unpaired) electrons. The summed E-state index contributed by atoms with van der Waals surface area (Å²) >= 11 is 0. The van der Waals surface area contributed by atoms with Crippen LogP contribution in [-0.2, 0) is 14.8 Å². The standard InChI is InChI=1S/C23H24N2O6S/c1-16-8-9-17(24-23(26)15-31-19-12-10-18(29-2)11-13-19)14-22(16)32(27,28)25-20-6-4-5-7-21(20)30-3/h4-14,25H,15H2,1-3H3,(H,24,26). The number of carbonyl (C=O) groups excluding carboxylic acids is 1. The molecule has 3 aromatic carbocycles. The van der Waals surface area contributed by atoms with E-state index < -0.39 is 15.9 Å². The van der Waals surface area contributed by atoms with E-state index in [4.69, 9.17) is 14.2 Å². The number of carbonyl (C=O) groups is 1. The summed E-state index contributed by atoms with van der Waals surface area (Å²) in [6.45, 7) is 1.44. The Bertz CT molecular complexity index is 1190. The van der Waals surface area contributed by atoms with Crippen molar-refractivity contribution in [3.8, 4) is 17.2 Å². The van der Waals surface area contributed by atoms with E-state index in [9.17, 15) is 13.2 Å². The van der Waals surface area contributed by atoms with E-state index in [1.807, 2.05) is 0 Å². The summed E-state index contributed by atoms with van der Waals surface area (Å²) < 4.78 is 44.2. The van der Waals surface area contributed by atoms with Gasteiger partial charge in [-0.25, -0.2) is 8.42 Å². The Morgan fingerprint density at radius 2 is 1.59 bits per heavy atom. The molecule has 3 rings (SSSR count). The molecule has 0 aliphatic carbocycles. The van der Waals surface area contributed by atoms with Crippen molar-refractivity contribution in [3.05, 3.63) is 72.3 Å². The first-order chi connectivity index (χ1) is 15.3. The van der Waals surface area contributed by atoms with Crippen molar-refractivity contribution in [2.45, 2.75) is 11.8 Å². The van der Waals surface area contributed by atoms with Crippen LogP contribution in [0.15, 0.2) is 71.6 Å². The Labute approximate surface area is 187 Å². The molecule has 0 heterocycles. The van der Waals surface area contributed by atoms with Crippen molar-refractivity contribution < 1.29 is 27.4 Å². The molecule has 0 aliphatic rings. The lowest BCUT2D eigenvalue weighted by Gasteiger charge is -2.14. The summed E-state index contributed by atoms with van der Waals surface area (Å²) in [7, 11) is -0.900. The van der Waals surface area contributed by atoms with Crippen LogP contribution >= 0.6 is 0 Å². The summed E-state index contributed by atoms with van der Waals surface area (Å²) in [6, 6.07) is 18.2. The lowest BCUT2D eigenvalue weighted by atomic mass is 10.2. The number of nitrogens with one attached hydrogen (secondary N) is 2. The predicted octanol–water partition coefficient (Wildman–Crippen LogP) is 3.83. The van der Waals surface area contributed by atoms with Crippen molar-refractivity contribution in [2.24, 2.45) is 0 Å². The second kappa shape index (κ2) is 10.1. The van der Waals surface area contributed by atoms with Crippen LogP contribution in [0.5, 0.6) is 17.2 Å². The van der Waals surface area contributed by atoms with Crippen molar-refractivity contribution in [1.82, 2.24) is 0 Å². The molecule has 0 aromatic heterocycles. The highest BCUT2D eigenvalue weighted by Gasteiger charge is 2.20. The average molecular weight is 457 g/mol. The van der Waals surface area contributed by atoms with Gasteiger partial charge in [-0.15, -0.1) is 0 Å². The first-order valence-electron chi connectivity index (χ1n) is 9.65. The third-order valence-electron chi connectivity index (χ3n) is 4.54. The quantitative estimate of drug-likeness (QED) is 0.507. The van der Waals surface area contributed by atoms with Crippen LogP contribution < -0.4 is 24.2 Å². The highest BCUT2D eigenvalue weighted by atomic mass is 32.2. The molecule has 3 aromatic rings. The second-order valence-corrected chi connectivity index (χ2v) is 8.45. The van der Waals surface area contributed by atoms with E-state index >= 15 is 0 Å². The molecule has 0 unspecified atom stereocenters. The van der Waals surface area contributed by atoms with Gasteiger partial charge in [0.15, 0.2) is 6.61 Å². The van der Waals surface area contributed by atoms with Crippen LogP contribution in [0, 0.1) is 6.92 Å². The van der Waals surface area contributed by atoms with Gasteiger partial charge in [-0.2, -0.15) is 0 Å². The molecule has 0 aliphatic heterocycles. The fourth-order valence-corrected chi connectivity index (χ4v) is 4.26. The molecular formula is C23H24N2O6S. The molecule has 32 heavy (non-hydrogen) atoms. The molecule has 168 valence electrons. The highest BCUT2D eigenvalue weighted by Crippen LogP contribution is 2.28. The molecular weight excluding hydrogens is 432 g/mol. The molecule has 0 saturated heterocycles. The fourth-order valence-electron chi connectivity index (χ4n) is 2.91. The number of sulfonamides is 1. The molecule has 0 spiro atoms. The van der Waals surface area contributed by atoms with E-state index in [0.717, 1.165) is 0 Å². The zero-order chi connectivity index (χ0) is 23.1. The monoisotopic (exact) mass is 456 g/mol. The molecule has 0 bridgehead atoms. The molecule has 1 amide bonds. The minimum Gasteiger partial charge on any atom is -0.497 e. The van der Waals surface area contributed by atoms with E-state index in [1.165, 1.54) is 13.2 Å². The molecule has 0 atom stereocenters. The van der Waals surface area contributed by atoms with Gasteiger partial charge in [0.2, 0.25) is 0 Å². The third-order valence-corrected chi connectivity index (χ3v) is 6.05. The lowest BCUT2D eigenvalue weighted by molar-refractivity contribution is -0.118. The summed E-state index contributed by atoms with van der Waals surface area (Å²) in [5.74, 6) is 1.16. The zero-order valence-corrected chi connectivity index (χ0v) is 18.7. The van der Waals surface area contributed by atoms with Crippen LogP contribution in [0.25, 0.3) is 0 Å². The number of aryl methyl sites for hydroxylation is 1. The van der Waals surface area contributed by atoms with Crippen molar-refractivity contribution in [1.29, 1.82) is 0 Å². The van der Waals surface area contributed by atoms with Gasteiger partial charge < -0.3 is 19.5 Å². The Kier molecular flexibility index (Phi) is 7.21. The largest absolute Gasteiger partial charge is 0.497 e. The first-order valence-corrected chi connectivity index (χ1v) is 11.1. The lowest BCUT2D eigenvalue weighted by Crippen LogP contribution is -2.21. The SMILES string of the molecule is COc1ccc(OCC(=O)Nc2ccc(C)c(S(=O)(=O)Nc3ccccc3OC)c2)cc1. The van der Waals surface area contributed by atoms with Crippen molar-refractivity contribution in [2.75, 3.05) is 30.9 Å². The number of amides is 1. The van der Waals surface area contributed by atoms with Crippen LogP contribution in [0.1, 0.15) is 5.56 Å². The number of benzene rings is 3. The number of rotatable bonds is 9. The van der Waals surface area contributed by atoms with Crippen molar-refractivity contribution >= 4 is 27.3 Å². The van der Waals surface area contributed by atoms with Crippen molar-refractivity contribution in [3.63, 3.8) is 0 Å². The molecule has 8 nitrogen and oxygen atoms in total. The first kappa shape index (κ1) is 23.0. The van der Waals surface area contributed by atoms with Crippen LogP contribution in [0.3, 0.4) is 0 Å². The second-order valence-electron chi connectivity index (χ2n) is 6.80. The van der Waals surface area contributed by atoms with E-state index in [2.05, 4.69) is 10.0 Å². The van der Waals surface area contributed by atoms with E-state index in [0.29, 0.717) is 34.2 Å². The van der Waals surface area contributed by atoms with Gasteiger partial charge in [-0.05, 0) is 61.0 Å². The number of para-hydroxylation sites is 2. The normalized spacial score (nSPS) is 10.8. The third kappa shape index (κ3) is 5.70. The van der Waals surface area contributed by atoms with Gasteiger partial charge in [0, 0.05) is 5.69 Å². The van der Waals surface area contributed by atoms with Gasteiger partial charge in [0.1, 0.15) is 17.2 Å². The number of anilines is 2. The molecule has 0 fully saturated rings. The summed E-state index contributed by atoms with van der Waals surface area (Å²) in [6.07, 6.45) is 0. The average Bonchev–Trinajstić information content (AvgIpc) is 2.79. The van der Waals surface area contributed by atoms with E-state index in [-0.39, 0.29) is 11.5 Å². The van der Waals surface area contributed by atoms with Gasteiger partial charge in [0.05, 0.1) is 24.8 Å². The minimum absolute atomic E-state index is 0.0391. The maximum Gasteiger partial charge on any atom is 0.262 e. The molecule has 2 N–H and O–H groups in total. The van der Waals surface area contributed by atoms with Gasteiger partial charge >= 0.3 is 0 Å². The summed E-state index contributed by atoms with van der Waals surface area (Å²) in [5.41, 5.74) is 1.18. The summed E-state index contributed by atoms with van der Waals surface area (Å²) in [5, 5.41) is 2.66. The van der Waals surface area contributed by atoms with Crippen LogP contribution in [0.2, 0.25) is 0 Å². The topological polar surface area (TPSA) is 103 Å². The summed E-state index contributed by atoms with van der Waals surface area (Å²) in [4.78, 5) is 12.3. The van der Waals surface area contributed by atoms with E-state index in [1.54, 1.807) is 74.7 Å². The number of ether oxygens (including phenoxy) is 3. The Balaban J connectivity index is 1.70. The number of methoxy groups -OCH3 is 2. The van der Waals surface area contributed by atoms with Crippen LogP contribution in [0.4, 0.5) is 11.4 Å². The Morgan fingerprint density at radius 3 is 2.28 bits per heavy atom. The number of hydrogen-bond donors (Lipinski definition) is 2.